The highest BCUT2D eigenvalue weighted by Gasteiger charge is 2.20. The summed E-state index contributed by atoms with van der Waals surface area (Å²) in [6.07, 6.45) is 0.0255. The first-order valence-corrected chi connectivity index (χ1v) is 13.8. The maximum absolute atomic E-state index is 11.3. The molecule has 0 bridgehead atoms. The van der Waals surface area contributed by atoms with Crippen LogP contribution in [0.3, 0.4) is 0 Å². The molecule has 4 rings (SSSR count). The Bertz CT molecular complexity index is 1430. The van der Waals surface area contributed by atoms with Crippen LogP contribution in [0.5, 0.6) is 0 Å². The van der Waals surface area contributed by atoms with Gasteiger partial charge in [-0.3, -0.25) is 0 Å². The van der Waals surface area contributed by atoms with Crippen LogP contribution >= 0.6 is 0 Å². The second-order valence-corrected chi connectivity index (χ2v) is 11.2. The fourth-order valence-electron chi connectivity index (χ4n) is 4.91. The van der Waals surface area contributed by atoms with Crippen LogP contribution in [-0.4, -0.2) is 48.0 Å². The number of rotatable bonds is 13. The number of nitrogens with one attached hydrogen (secondary N) is 1. The summed E-state index contributed by atoms with van der Waals surface area (Å²) in [5, 5.41) is 25.9. The Morgan fingerprint density at radius 1 is 0.925 bits per heavy atom. The number of fused-ring (bicyclic) bond motifs is 1. The first-order valence-electron chi connectivity index (χ1n) is 13.8. The molecule has 0 saturated carbocycles. The lowest BCUT2D eigenvalue weighted by Crippen LogP contribution is -2.46. The molecule has 3 N–H and O–H groups in total. The molecule has 0 heterocycles. The van der Waals surface area contributed by atoms with E-state index in [9.17, 15) is 15.0 Å². The number of β-amino-alcohol motifs (C(OH)–C–C–N with tert-alkyl or cyclic N) is 1. The molecule has 210 valence electrons. The van der Waals surface area contributed by atoms with Crippen molar-refractivity contribution in [1.29, 1.82) is 0 Å². The number of benzene rings is 4. The number of aromatic carboxylic acids is 1. The van der Waals surface area contributed by atoms with Gasteiger partial charge >= 0.3 is 5.97 Å². The van der Waals surface area contributed by atoms with Crippen molar-refractivity contribution in [3.63, 3.8) is 0 Å². The third kappa shape index (κ3) is 8.15. The van der Waals surface area contributed by atoms with Crippen LogP contribution in [0.1, 0.15) is 53.9 Å². The van der Waals surface area contributed by atoms with Gasteiger partial charge in [-0.25, -0.2) is 4.79 Å². The minimum absolute atomic E-state index is 0.183. The zero-order valence-corrected chi connectivity index (χ0v) is 23.8. The van der Waals surface area contributed by atoms with E-state index in [0.29, 0.717) is 13.1 Å². The fourth-order valence-corrected chi connectivity index (χ4v) is 4.91. The summed E-state index contributed by atoms with van der Waals surface area (Å²) >= 11 is 0. The highest BCUT2D eigenvalue weighted by atomic mass is 16.5. The summed E-state index contributed by atoms with van der Waals surface area (Å²) in [7, 11) is 1.98. The highest BCUT2D eigenvalue weighted by Crippen LogP contribution is 2.24. The van der Waals surface area contributed by atoms with Crippen LogP contribution in [0.2, 0.25) is 0 Å². The van der Waals surface area contributed by atoms with Crippen molar-refractivity contribution in [2.24, 2.45) is 0 Å². The first kappa shape index (κ1) is 29.3. The van der Waals surface area contributed by atoms with E-state index in [-0.39, 0.29) is 23.8 Å². The second-order valence-electron chi connectivity index (χ2n) is 11.2. The molecule has 0 aromatic heterocycles. The monoisotopic (exact) mass is 540 g/mol. The van der Waals surface area contributed by atoms with E-state index in [1.54, 1.807) is 18.2 Å². The fraction of sp³-hybridized carbons (Fsp3) is 0.324. The zero-order chi connectivity index (χ0) is 28.7. The number of hydrogen-bond acceptors (Lipinski definition) is 5. The maximum Gasteiger partial charge on any atom is 0.335 e. The number of carbonyl (C=O) groups is 1. The van der Waals surface area contributed by atoms with E-state index in [1.807, 2.05) is 38.2 Å². The van der Waals surface area contributed by atoms with Gasteiger partial charge in [-0.2, -0.15) is 0 Å². The lowest BCUT2D eigenvalue weighted by Gasteiger charge is -2.28. The molecule has 0 aliphatic rings. The van der Waals surface area contributed by atoms with Gasteiger partial charge in [-0.05, 0) is 78.9 Å². The molecule has 4 aromatic carbocycles. The second kappa shape index (κ2) is 13.1. The van der Waals surface area contributed by atoms with E-state index in [4.69, 9.17) is 4.74 Å². The van der Waals surface area contributed by atoms with Crippen molar-refractivity contribution in [2.45, 2.75) is 51.5 Å². The predicted molar refractivity (Wildman–Crippen MR) is 162 cm³/mol. The number of carboxylic acid groups (broad SMARTS) is 1. The maximum atomic E-state index is 11.3. The van der Waals surface area contributed by atoms with Gasteiger partial charge in [0.25, 0.3) is 0 Å². The molecule has 0 aliphatic heterocycles. The number of anilines is 1. The van der Waals surface area contributed by atoms with E-state index in [2.05, 4.69) is 72.6 Å². The van der Waals surface area contributed by atoms with Crippen molar-refractivity contribution >= 4 is 22.4 Å². The minimum atomic E-state index is -0.927. The van der Waals surface area contributed by atoms with E-state index < -0.39 is 12.1 Å². The molecule has 0 saturated heterocycles. The average molecular weight is 541 g/mol. The molecule has 2 atom stereocenters. The van der Waals surface area contributed by atoms with Gasteiger partial charge in [-0.1, -0.05) is 66.7 Å². The summed E-state index contributed by atoms with van der Waals surface area (Å²) in [5.74, 6) is -0.927. The molecular formula is C34H40N2O4. The van der Waals surface area contributed by atoms with Gasteiger partial charge in [-0.15, -0.1) is 0 Å². The molecular weight excluding hydrogens is 500 g/mol. The van der Waals surface area contributed by atoms with E-state index >= 15 is 0 Å². The molecule has 6 nitrogen and oxygen atoms in total. The number of ether oxygens (including phenoxy) is 1. The standard InChI is InChI=1S/C34H40N2O4/c1-24(28-12-8-14-31(19-28)36(4)22-26-9-7-13-30(18-26)33(38)39)40-23-32(37)21-35-34(2,3)20-25-15-16-27-10-5-6-11-29(27)17-25/h5-19,24,32,35,37H,20-23H2,1-4H3,(H,38,39)/t24?,32-/m1/s1. The molecule has 0 fully saturated rings. The topological polar surface area (TPSA) is 82.0 Å². The van der Waals surface area contributed by atoms with E-state index in [1.165, 1.54) is 16.3 Å². The predicted octanol–water partition coefficient (Wildman–Crippen LogP) is 6.22. The Labute approximate surface area is 237 Å². The van der Waals surface area contributed by atoms with Crippen molar-refractivity contribution in [2.75, 3.05) is 25.1 Å². The molecule has 0 spiro atoms. The Balaban J connectivity index is 1.26. The third-order valence-corrected chi connectivity index (χ3v) is 7.19. The van der Waals surface area contributed by atoms with Gasteiger partial charge in [0, 0.05) is 31.4 Å². The zero-order valence-electron chi connectivity index (χ0n) is 23.8. The molecule has 4 aromatic rings. The largest absolute Gasteiger partial charge is 0.478 e. The number of nitrogens with zero attached hydrogens (tertiary/aromatic N) is 1. The summed E-state index contributed by atoms with van der Waals surface area (Å²) < 4.78 is 6.04. The van der Waals surface area contributed by atoms with Crippen LogP contribution in [0.15, 0.2) is 91.0 Å². The lowest BCUT2D eigenvalue weighted by atomic mass is 9.93. The number of aliphatic hydroxyl groups excluding tert-OH is 1. The number of aliphatic hydroxyl groups is 1. The number of carboxylic acids is 1. The normalized spacial score (nSPS) is 13.2. The molecule has 0 aliphatic carbocycles. The molecule has 6 heteroatoms. The Hall–Kier alpha value is -3.71. The smallest absolute Gasteiger partial charge is 0.335 e. The van der Waals surface area contributed by atoms with Gasteiger partial charge < -0.3 is 25.2 Å². The Morgan fingerprint density at radius 3 is 2.45 bits per heavy atom. The lowest BCUT2D eigenvalue weighted by molar-refractivity contribution is -0.00416. The van der Waals surface area contributed by atoms with Crippen molar-refractivity contribution in [3.8, 4) is 0 Å². The summed E-state index contributed by atoms with van der Waals surface area (Å²) in [4.78, 5) is 13.4. The van der Waals surface area contributed by atoms with Gasteiger partial charge in [0.15, 0.2) is 0 Å². The Kier molecular flexibility index (Phi) is 9.58. The SMILES string of the molecule is CC(OC[C@H](O)CNC(C)(C)Cc1ccc2ccccc2c1)c1cccc(N(C)Cc2cccc(C(=O)O)c2)c1. The number of hydrogen-bond donors (Lipinski definition) is 3. The molecule has 40 heavy (non-hydrogen) atoms. The molecule has 1 unspecified atom stereocenters. The van der Waals surface area contributed by atoms with Crippen molar-refractivity contribution in [1.82, 2.24) is 5.32 Å². The third-order valence-electron chi connectivity index (χ3n) is 7.19. The van der Waals surface area contributed by atoms with Gasteiger partial charge in [0.2, 0.25) is 0 Å². The highest BCUT2D eigenvalue weighted by molar-refractivity contribution is 5.87. The minimum Gasteiger partial charge on any atom is -0.478 e. The van der Waals surface area contributed by atoms with Crippen LogP contribution < -0.4 is 10.2 Å². The van der Waals surface area contributed by atoms with Crippen LogP contribution in [0.4, 0.5) is 5.69 Å². The summed E-state index contributed by atoms with van der Waals surface area (Å²) in [6.45, 7) is 7.53. The molecule has 0 amide bonds. The van der Waals surface area contributed by atoms with Gasteiger partial charge in [0.1, 0.15) is 0 Å². The van der Waals surface area contributed by atoms with Crippen molar-refractivity contribution < 1.29 is 19.7 Å². The first-order chi connectivity index (χ1) is 19.1. The van der Waals surface area contributed by atoms with E-state index in [0.717, 1.165) is 23.2 Å². The quantitative estimate of drug-likeness (QED) is 0.187. The summed E-state index contributed by atoms with van der Waals surface area (Å²) in [6, 6.07) is 30.0. The summed E-state index contributed by atoms with van der Waals surface area (Å²) in [5.41, 5.74) is 4.31. The van der Waals surface area contributed by atoms with Crippen LogP contribution in [0, 0.1) is 0 Å². The van der Waals surface area contributed by atoms with Gasteiger partial charge in [0.05, 0.1) is 24.4 Å². The average Bonchev–Trinajstić information content (AvgIpc) is 2.94. The van der Waals surface area contributed by atoms with Crippen LogP contribution in [0.25, 0.3) is 10.8 Å². The van der Waals surface area contributed by atoms with Crippen molar-refractivity contribution in [3.05, 3.63) is 113 Å². The molecule has 0 radical (unpaired) electrons. The van der Waals surface area contributed by atoms with Crippen LogP contribution in [-0.2, 0) is 17.7 Å². The Morgan fingerprint density at radius 2 is 1.68 bits per heavy atom.